The lowest BCUT2D eigenvalue weighted by Crippen LogP contribution is -2.24. The molecule has 0 aliphatic rings. The standard InChI is InChI=1S/C15H14ClNO2/c16-13-7-6-12(10-18)14(8-13)15(19)17-9-11-4-2-1-3-5-11/h1-8,18H,9-10H2,(H,17,19). The van der Waals surface area contributed by atoms with Gasteiger partial charge in [-0.25, -0.2) is 0 Å². The highest BCUT2D eigenvalue weighted by molar-refractivity contribution is 6.31. The molecule has 0 fully saturated rings. The summed E-state index contributed by atoms with van der Waals surface area (Å²) in [7, 11) is 0. The Kier molecular flexibility index (Phi) is 4.55. The van der Waals surface area contributed by atoms with Crippen molar-refractivity contribution in [1.29, 1.82) is 0 Å². The van der Waals surface area contributed by atoms with Crippen LogP contribution in [-0.4, -0.2) is 11.0 Å². The van der Waals surface area contributed by atoms with Gasteiger partial charge in [0.2, 0.25) is 0 Å². The van der Waals surface area contributed by atoms with E-state index in [0.717, 1.165) is 5.56 Å². The van der Waals surface area contributed by atoms with Crippen molar-refractivity contribution < 1.29 is 9.90 Å². The first-order valence-corrected chi connectivity index (χ1v) is 6.30. The Labute approximate surface area is 116 Å². The molecule has 2 aromatic rings. The van der Waals surface area contributed by atoms with Crippen LogP contribution in [0.1, 0.15) is 21.5 Å². The molecule has 0 saturated heterocycles. The summed E-state index contributed by atoms with van der Waals surface area (Å²) >= 11 is 5.87. The smallest absolute Gasteiger partial charge is 0.251 e. The van der Waals surface area contributed by atoms with Crippen molar-refractivity contribution in [3.05, 3.63) is 70.2 Å². The van der Waals surface area contributed by atoms with Gasteiger partial charge in [0, 0.05) is 17.1 Å². The van der Waals surface area contributed by atoms with Crippen LogP contribution in [0.15, 0.2) is 48.5 Å². The summed E-state index contributed by atoms with van der Waals surface area (Å²) in [6.45, 7) is 0.252. The topological polar surface area (TPSA) is 49.3 Å². The first kappa shape index (κ1) is 13.6. The van der Waals surface area contributed by atoms with Gasteiger partial charge >= 0.3 is 0 Å². The Morgan fingerprint density at radius 2 is 1.89 bits per heavy atom. The highest BCUT2D eigenvalue weighted by Gasteiger charge is 2.11. The minimum Gasteiger partial charge on any atom is -0.392 e. The number of aliphatic hydroxyl groups excluding tert-OH is 1. The first-order valence-electron chi connectivity index (χ1n) is 5.92. The van der Waals surface area contributed by atoms with Crippen LogP contribution in [0.3, 0.4) is 0 Å². The van der Waals surface area contributed by atoms with Gasteiger partial charge in [-0.15, -0.1) is 0 Å². The fourth-order valence-corrected chi connectivity index (χ4v) is 1.94. The van der Waals surface area contributed by atoms with Crippen molar-refractivity contribution >= 4 is 17.5 Å². The zero-order valence-electron chi connectivity index (χ0n) is 10.3. The Morgan fingerprint density at radius 1 is 1.16 bits per heavy atom. The molecular formula is C15H14ClNO2. The van der Waals surface area contributed by atoms with Crippen molar-refractivity contribution in [2.24, 2.45) is 0 Å². The molecule has 0 saturated carbocycles. The predicted molar refractivity (Wildman–Crippen MR) is 75.0 cm³/mol. The normalized spacial score (nSPS) is 10.2. The second-order valence-electron chi connectivity index (χ2n) is 4.13. The molecule has 0 atom stereocenters. The third-order valence-corrected chi connectivity index (χ3v) is 3.02. The quantitative estimate of drug-likeness (QED) is 0.901. The number of benzene rings is 2. The molecule has 0 aliphatic heterocycles. The number of amides is 1. The molecule has 98 valence electrons. The van der Waals surface area contributed by atoms with E-state index in [1.807, 2.05) is 30.3 Å². The lowest BCUT2D eigenvalue weighted by atomic mass is 10.1. The van der Waals surface area contributed by atoms with Crippen LogP contribution in [0.4, 0.5) is 0 Å². The third kappa shape index (κ3) is 3.56. The number of rotatable bonds is 4. The van der Waals surface area contributed by atoms with Crippen LogP contribution in [0, 0.1) is 0 Å². The van der Waals surface area contributed by atoms with E-state index in [1.165, 1.54) is 0 Å². The Morgan fingerprint density at radius 3 is 2.58 bits per heavy atom. The molecule has 0 radical (unpaired) electrons. The van der Waals surface area contributed by atoms with Crippen LogP contribution in [0.25, 0.3) is 0 Å². The molecule has 3 nitrogen and oxygen atoms in total. The van der Waals surface area contributed by atoms with Crippen molar-refractivity contribution in [3.8, 4) is 0 Å². The average Bonchev–Trinajstić information content (AvgIpc) is 2.46. The van der Waals surface area contributed by atoms with Crippen molar-refractivity contribution in [2.75, 3.05) is 0 Å². The van der Waals surface area contributed by atoms with Gasteiger partial charge < -0.3 is 10.4 Å². The highest BCUT2D eigenvalue weighted by Crippen LogP contribution is 2.16. The van der Waals surface area contributed by atoms with E-state index in [1.54, 1.807) is 18.2 Å². The van der Waals surface area contributed by atoms with Crippen molar-refractivity contribution in [1.82, 2.24) is 5.32 Å². The van der Waals surface area contributed by atoms with Gasteiger partial charge in [-0.3, -0.25) is 4.79 Å². The van der Waals surface area contributed by atoms with Crippen LogP contribution in [-0.2, 0) is 13.2 Å². The first-order chi connectivity index (χ1) is 9.20. The summed E-state index contributed by atoms with van der Waals surface area (Å²) in [5.41, 5.74) is 1.99. The number of nitrogens with one attached hydrogen (secondary N) is 1. The van der Waals surface area contributed by atoms with Gasteiger partial charge in [-0.2, -0.15) is 0 Å². The van der Waals surface area contributed by atoms with Gasteiger partial charge in [-0.05, 0) is 23.3 Å². The molecule has 4 heteroatoms. The molecule has 0 unspecified atom stereocenters. The van der Waals surface area contributed by atoms with Gasteiger partial charge in [0.05, 0.1) is 6.61 Å². The fourth-order valence-electron chi connectivity index (χ4n) is 1.77. The van der Waals surface area contributed by atoms with Gasteiger partial charge in [0.15, 0.2) is 0 Å². The van der Waals surface area contributed by atoms with Crippen molar-refractivity contribution in [2.45, 2.75) is 13.2 Å². The monoisotopic (exact) mass is 275 g/mol. The fraction of sp³-hybridized carbons (Fsp3) is 0.133. The largest absolute Gasteiger partial charge is 0.392 e. The van der Waals surface area contributed by atoms with E-state index in [9.17, 15) is 9.90 Å². The Bertz CT molecular complexity index is 570. The molecule has 0 bridgehead atoms. The molecule has 2 N–H and O–H groups in total. The van der Waals surface area contributed by atoms with E-state index in [4.69, 9.17) is 11.6 Å². The second kappa shape index (κ2) is 6.36. The maximum absolute atomic E-state index is 12.1. The van der Waals surface area contributed by atoms with Crippen LogP contribution < -0.4 is 5.32 Å². The Hall–Kier alpha value is -1.84. The van der Waals surface area contributed by atoms with Gasteiger partial charge in [-0.1, -0.05) is 48.0 Å². The van der Waals surface area contributed by atoms with Crippen LogP contribution in [0.2, 0.25) is 5.02 Å². The number of aliphatic hydroxyl groups is 1. The number of carbonyl (C=O) groups is 1. The maximum atomic E-state index is 12.1. The lowest BCUT2D eigenvalue weighted by Gasteiger charge is -2.09. The van der Waals surface area contributed by atoms with Crippen molar-refractivity contribution in [3.63, 3.8) is 0 Å². The summed E-state index contributed by atoms with van der Waals surface area (Å²) in [4.78, 5) is 12.1. The number of hydrogen-bond donors (Lipinski definition) is 2. The zero-order chi connectivity index (χ0) is 13.7. The molecular weight excluding hydrogens is 262 g/mol. The van der Waals surface area contributed by atoms with Crippen LogP contribution >= 0.6 is 11.6 Å². The van der Waals surface area contributed by atoms with E-state index in [-0.39, 0.29) is 12.5 Å². The summed E-state index contributed by atoms with van der Waals surface area (Å²) in [5.74, 6) is -0.240. The van der Waals surface area contributed by atoms with E-state index < -0.39 is 0 Å². The number of halogens is 1. The predicted octanol–water partition coefficient (Wildman–Crippen LogP) is 2.76. The number of hydrogen-bond acceptors (Lipinski definition) is 2. The molecule has 0 heterocycles. The Balaban J connectivity index is 2.10. The lowest BCUT2D eigenvalue weighted by molar-refractivity contribution is 0.0948. The summed E-state index contributed by atoms with van der Waals surface area (Å²) in [5, 5.41) is 12.5. The van der Waals surface area contributed by atoms with E-state index >= 15 is 0 Å². The summed E-state index contributed by atoms with van der Waals surface area (Å²) in [6.07, 6.45) is 0. The van der Waals surface area contributed by atoms with Gasteiger partial charge in [0.25, 0.3) is 5.91 Å². The SMILES string of the molecule is O=C(NCc1ccccc1)c1cc(Cl)ccc1CO. The molecule has 2 rings (SSSR count). The molecule has 0 spiro atoms. The second-order valence-corrected chi connectivity index (χ2v) is 4.56. The van der Waals surface area contributed by atoms with Gasteiger partial charge in [0.1, 0.15) is 0 Å². The maximum Gasteiger partial charge on any atom is 0.251 e. The zero-order valence-corrected chi connectivity index (χ0v) is 11.0. The third-order valence-electron chi connectivity index (χ3n) is 2.78. The molecule has 19 heavy (non-hydrogen) atoms. The van der Waals surface area contributed by atoms with E-state index in [0.29, 0.717) is 22.7 Å². The molecule has 0 aliphatic carbocycles. The molecule has 0 aromatic heterocycles. The van der Waals surface area contributed by atoms with Crippen LogP contribution in [0.5, 0.6) is 0 Å². The average molecular weight is 276 g/mol. The minimum absolute atomic E-state index is 0.189. The molecule has 1 amide bonds. The number of carbonyl (C=O) groups excluding carboxylic acids is 1. The summed E-state index contributed by atoms with van der Waals surface area (Å²) in [6, 6.07) is 14.5. The minimum atomic E-state index is -0.240. The molecule has 2 aromatic carbocycles. The van der Waals surface area contributed by atoms with E-state index in [2.05, 4.69) is 5.32 Å². The summed E-state index contributed by atoms with van der Waals surface area (Å²) < 4.78 is 0. The highest BCUT2D eigenvalue weighted by atomic mass is 35.5.